The van der Waals surface area contributed by atoms with Crippen molar-refractivity contribution in [2.24, 2.45) is 0 Å². The van der Waals surface area contributed by atoms with E-state index in [0.717, 1.165) is 5.56 Å². The summed E-state index contributed by atoms with van der Waals surface area (Å²) in [6, 6.07) is 10.8. The Morgan fingerprint density at radius 1 is 1.21 bits per heavy atom. The van der Waals surface area contributed by atoms with Gasteiger partial charge in [-0.2, -0.15) is 0 Å². The first-order valence-corrected chi connectivity index (χ1v) is 5.84. The van der Waals surface area contributed by atoms with E-state index in [4.69, 9.17) is 0 Å². The first kappa shape index (κ1) is 13.0. The quantitative estimate of drug-likeness (QED) is 0.671. The first-order valence-electron chi connectivity index (χ1n) is 5.84. The van der Waals surface area contributed by atoms with Gasteiger partial charge < -0.3 is 5.11 Å². The summed E-state index contributed by atoms with van der Waals surface area (Å²) in [5.41, 5.74) is 1.61. The molecule has 0 aromatic heterocycles. The van der Waals surface area contributed by atoms with E-state index in [9.17, 15) is 14.3 Å². The van der Waals surface area contributed by atoms with Crippen LogP contribution in [0.15, 0.2) is 48.5 Å². The molecule has 0 saturated carbocycles. The van der Waals surface area contributed by atoms with Gasteiger partial charge in [0.2, 0.25) is 0 Å². The van der Waals surface area contributed by atoms with E-state index in [-0.39, 0.29) is 17.3 Å². The molecule has 0 atom stereocenters. The number of benzene rings is 2. The lowest BCUT2D eigenvalue weighted by molar-refractivity contribution is 0.104. The van der Waals surface area contributed by atoms with Gasteiger partial charge in [0.15, 0.2) is 5.78 Å². The van der Waals surface area contributed by atoms with Crippen LogP contribution in [0.2, 0.25) is 0 Å². The summed E-state index contributed by atoms with van der Waals surface area (Å²) in [5.74, 6) is -0.382. The monoisotopic (exact) mass is 256 g/mol. The Morgan fingerprint density at radius 2 is 2.00 bits per heavy atom. The normalized spacial score (nSPS) is 10.8. The number of carbonyl (C=O) groups is 1. The molecule has 0 saturated heterocycles. The minimum atomic E-state index is -0.325. The van der Waals surface area contributed by atoms with Gasteiger partial charge in [0, 0.05) is 5.56 Å². The number of hydrogen-bond donors (Lipinski definition) is 1. The minimum absolute atomic E-state index is 0.146. The van der Waals surface area contributed by atoms with Crippen LogP contribution in [0.4, 0.5) is 4.39 Å². The van der Waals surface area contributed by atoms with Crippen molar-refractivity contribution in [3.8, 4) is 5.75 Å². The third kappa shape index (κ3) is 3.28. The highest BCUT2D eigenvalue weighted by Crippen LogP contribution is 2.14. The Labute approximate surface area is 110 Å². The summed E-state index contributed by atoms with van der Waals surface area (Å²) in [4.78, 5) is 11.9. The van der Waals surface area contributed by atoms with Crippen molar-refractivity contribution in [1.82, 2.24) is 0 Å². The zero-order chi connectivity index (χ0) is 13.8. The minimum Gasteiger partial charge on any atom is -0.508 e. The van der Waals surface area contributed by atoms with Crippen molar-refractivity contribution < 1.29 is 14.3 Å². The molecule has 0 fully saturated rings. The molecular weight excluding hydrogens is 243 g/mol. The van der Waals surface area contributed by atoms with Gasteiger partial charge in [0.1, 0.15) is 11.6 Å². The van der Waals surface area contributed by atoms with E-state index in [1.54, 1.807) is 37.3 Å². The molecule has 0 heterocycles. The van der Waals surface area contributed by atoms with E-state index in [2.05, 4.69) is 0 Å². The molecule has 96 valence electrons. The molecule has 0 radical (unpaired) electrons. The maximum Gasteiger partial charge on any atom is 0.185 e. The molecule has 0 amide bonds. The van der Waals surface area contributed by atoms with Gasteiger partial charge in [-0.05, 0) is 54.5 Å². The molecule has 0 aliphatic carbocycles. The molecule has 0 spiro atoms. The third-order valence-corrected chi connectivity index (χ3v) is 2.74. The second-order valence-electron chi connectivity index (χ2n) is 4.26. The standard InChI is InChI=1S/C16H13FO2/c1-11-9-13(6-7-15(11)17)16(19)8-5-12-3-2-4-14(18)10-12/h2-10,18H,1H3/b8-5+. The van der Waals surface area contributed by atoms with Crippen molar-refractivity contribution >= 4 is 11.9 Å². The van der Waals surface area contributed by atoms with Gasteiger partial charge in [-0.3, -0.25) is 4.79 Å². The Bertz CT molecular complexity index is 645. The maximum absolute atomic E-state index is 13.1. The Balaban J connectivity index is 2.19. The van der Waals surface area contributed by atoms with Crippen LogP contribution in [0, 0.1) is 12.7 Å². The molecule has 2 rings (SSSR count). The lowest BCUT2D eigenvalue weighted by Gasteiger charge is -1.99. The molecule has 2 aromatic carbocycles. The number of carbonyl (C=O) groups excluding carboxylic acids is 1. The first-order chi connectivity index (χ1) is 9.06. The fourth-order valence-electron chi connectivity index (χ4n) is 1.69. The van der Waals surface area contributed by atoms with Crippen LogP contribution < -0.4 is 0 Å². The maximum atomic E-state index is 13.1. The number of aryl methyl sites for hydroxylation is 1. The molecule has 3 heteroatoms. The molecule has 1 N–H and O–H groups in total. The molecule has 0 aliphatic rings. The Morgan fingerprint density at radius 3 is 2.68 bits per heavy atom. The molecule has 0 bridgehead atoms. The molecule has 0 unspecified atom stereocenters. The lowest BCUT2D eigenvalue weighted by atomic mass is 10.1. The number of phenolic OH excluding ortho intramolecular Hbond substituents is 1. The summed E-state index contributed by atoms with van der Waals surface area (Å²) >= 11 is 0. The largest absolute Gasteiger partial charge is 0.508 e. The highest BCUT2D eigenvalue weighted by molar-refractivity contribution is 6.06. The van der Waals surface area contributed by atoms with Crippen LogP contribution in [-0.2, 0) is 0 Å². The van der Waals surface area contributed by atoms with Crippen molar-refractivity contribution in [1.29, 1.82) is 0 Å². The van der Waals surface area contributed by atoms with Gasteiger partial charge >= 0.3 is 0 Å². The summed E-state index contributed by atoms with van der Waals surface area (Å²) < 4.78 is 13.1. The van der Waals surface area contributed by atoms with Crippen LogP contribution in [0.5, 0.6) is 5.75 Å². The molecule has 0 aliphatic heterocycles. The zero-order valence-electron chi connectivity index (χ0n) is 10.4. The van der Waals surface area contributed by atoms with Crippen LogP contribution >= 0.6 is 0 Å². The summed E-state index contributed by atoms with van der Waals surface area (Å²) in [5, 5.41) is 9.30. The number of phenols is 1. The fraction of sp³-hybridized carbons (Fsp3) is 0.0625. The van der Waals surface area contributed by atoms with Gasteiger partial charge in [-0.1, -0.05) is 18.2 Å². The van der Waals surface area contributed by atoms with Crippen LogP contribution in [-0.4, -0.2) is 10.9 Å². The van der Waals surface area contributed by atoms with Crippen molar-refractivity contribution in [2.75, 3.05) is 0 Å². The number of halogens is 1. The highest BCUT2D eigenvalue weighted by Gasteiger charge is 2.04. The van der Waals surface area contributed by atoms with E-state index >= 15 is 0 Å². The molecule has 19 heavy (non-hydrogen) atoms. The summed E-state index contributed by atoms with van der Waals surface area (Å²) in [6.07, 6.45) is 3.02. The highest BCUT2D eigenvalue weighted by atomic mass is 19.1. The van der Waals surface area contributed by atoms with E-state index in [1.165, 1.54) is 24.3 Å². The van der Waals surface area contributed by atoms with E-state index in [0.29, 0.717) is 11.1 Å². The molecule has 2 nitrogen and oxygen atoms in total. The zero-order valence-corrected chi connectivity index (χ0v) is 10.4. The predicted molar refractivity (Wildman–Crippen MR) is 72.6 cm³/mol. The average molecular weight is 256 g/mol. The van der Waals surface area contributed by atoms with E-state index < -0.39 is 0 Å². The van der Waals surface area contributed by atoms with Gasteiger partial charge in [0.05, 0.1) is 0 Å². The van der Waals surface area contributed by atoms with Crippen LogP contribution in [0.1, 0.15) is 21.5 Å². The smallest absolute Gasteiger partial charge is 0.185 e. The number of hydrogen-bond acceptors (Lipinski definition) is 2. The van der Waals surface area contributed by atoms with Gasteiger partial charge in [0.25, 0.3) is 0 Å². The number of allylic oxidation sites excluding steroid dienone is 1. The fourth-order valence-corrected chi connectivity index (χ4v) is 1.69. The van der Waals surface area contributed by atoms with Crippen molar-refractivity contribution in [2.45, 2.75) is 6.92 Å². The molecule has 2 aromatic rings. The predicted octanol–water partition coefficient (Wildman–Crippen LogP) is 3.74. The van der Waals surface area contributed by atoms with Crippen molar-refractivity contribution in [3.63, 3.8) is 0 Å². The second-order valence-corrected chi connectivity index (χ2v) is 4.26. The summed E-state index contributed by atoms with van der Waals surface area (Å²) in [7, 11) is 0. The number of rotatable bonds is 3. The Hall–Kier alpha value is -2.42. The lowest BCUT2D eigenvalue weighted by Crippen LogP contribution is -1.96. The number of aromatic hydroxyl groups is 1. The van der Waals surface area contributed by atoms with E-state index in [1.807, 2.05) is 0 Å². The van der Waals surface area contributed by atoms with Crippen LogP contribution in [0.3, 0.4) is 0 Å². The molecular formula is C16H13FO2. The second kappa shape index (κ2) is 5.48. The average Bonchev–Trinajstić information content (AvgIpc) is 2.39. The van der Waals surface area contributed by atoms with Gasteiger partial charge in [-0.15, -0.1) is 0 Å². The summed E-state index contributed by atoms with van der Waals surface area (Å²) in [6.45, 7) is 1.62. The topological polar surface area (TPSA) is 37.3 Å². The SMILES string of the molecule is Cc1cc(C(=O)/C=C/c2cccc(O)c2)ccc1F. The van der Waals surface area contributed by atoms with Crippen molar-refractivity contribution in [3.05, 3.63) is 71.0 Å². The Kier molecular flexibility index (Phi) is 3.76. The van der Waals surface area contributed by atoms with Crippen LogP contribution in [0.25, 0.3) is 6.08 Å². The third-order valence-electron chi connectivity index (χ3n) is 2.74. The van der Waals surface area contributed by atoms with Gasteiger partial charge in [-0.25, -0.2) is 4.39 Å². The number of ketones is 1.